The number of aromatic nitrogens is 2. The van der Waals surface area contributed by atoms with E-state index in [1.54, 1.807) is 6.20 Å². The molecular formula is C11H18N4O. The molecule has 1 aliphatic heterocycles. The topological polar surface area (TPSA) is 50.2 Å². The highest BCUT2D eigenvalue weighted by atomic mass is 16.2. The van der Waals surface area contributed by atoms with Crippen molar-refractivity contribution in [3.8, 4) is 0 Å². The molecule has 0 aromatic carbocycles. The first-order chi connectivity index (χ1) is 7.76. The Morgan fingerprint density at radius 3 is 3.12 bits per heavy atom. The average Bonchev–Trinajstić information content (AvgIpc) is 2.77. The van der Waals surface area contributed by atoms with Crippen LogP contribution in [0, 0.1) is 0 Å². The van der Waals surface area contributed by atoms with Crippen molar-refractivity contribution in [2.24, 2.45) is 0 Å². The highest BCUT2D eigenvalue weighted by molar-refractivity contribution is 5.81. The molecule has 2 rings (SSSR count). The van der Waals surface area contributed by atoms with Crippen molar-refractivity contribution in [1.82, 2.24) is 20.0 Å². The summed E-state index contributed by atoms with van der Waals surface area (Å²) in [6, 6.07) is 1.91. The number of nitrogens with one attached hydrogen (secondary N) is 1. The van der Waals surface area contributed by atoms with E-state index < -0.39 is 0 Å². The normalized spacial score (nSPS) is 17.0. The number of hydrogen-bond acceptors (Lipinski definition) is 3. The van der Waals surface area contributed by atoms with Gasteiger partial charge in [-0.15, -0.1) is 0 Å². The third kappa shape index (κ3) is 1.95. The van der Waals surface area contributed by atoms with Gasteiger partial charge in [0, 0.05) is 12.7 Å². The molecule has 1 N–H and O–H groups in total. The second-order valence-electron chi connectivity index (χ2n) is 4.05. The first-order valence-corrected chi connectivity index (χ1v) is 5.73. The summed E-state index contributed by atoms with van der Waals surface area (Å²) in [5, 5.41) is 7.25. The fraction of sp³-hybridized carbons (Fsp3) is 0.636. The molecule has 0 radical (unpaired) electrons. The van der Waals surface area contributed by atoms with Crippen LogP contribution in [0.25, 0.3) is 0 Å². The predicted octanol–water partition coefficient (Wildman–Crippen LogP) is 0.223. The SMILES string of the molecule is CC[C@@H](NC)C(=O)N1CCn2nccc2C1. The van der Waals surface area contributed by atoms with E-state index in [4.69, 9.17) is 0 Å². The van der Waals surface area contributed by atoms with Gasteiger partial charge in [0.1, 0.15) is 0 Å². The highest BCUT2D eigenvalue weighted by Crippen LogP contribution is 2.12. The number of rotatable bonds is 3. The van der Waals surface area contributed by atoms with E-state index in [9.17, 15) is 4.79 Å². The number of amides is 1. The zero-order valence-electron chi connectivity index (χ0n) is 9.81. The Bertz CT molecular complexity index is 370. The molecule has 1 aliphatic rings. The lowest BCUT2D eigenvalue weighted by Gasteiger charge is -2.30. The molecule has 0 saturated heterocycles. The molecule has 5 heteroatoms. The summed E-state index contributed by atoms with van der Waals surface area (Å²) in [5.41, 5.74) is 1.12. The van der Waals surface area contributed by atoms with Crippen molar-refractivity contribution < 1.29 is 4.79 Å². The molecule has 0 spiro atoms. The minimum atomic E-state index is -0.0607. The van der Waals surface area contributed by atoms with Crippen LogP contribution in [0.1, 0.15) is 19.0 Å². The predicted molar refractivity (Wildman–Crippen MR) is 60.8 cm³/mol. The van der Waals surface area contributed by atoms with Gasteiger partial charge in [-0.1, -0.05) is 6.92 Å². The quantitative estimate of drug-likeness (QED) is 0.796. The van der Waals surface area contributed by atoms with E-state index in [0.717, 1.165) is 25.2 Å². The van der Waals surface area contributed by atoms with Crippen LogP contribution in [-0.4, -0.2) is 40.2 Å². The van der Waals surface area contributed by atoms with E-state index in [-0.39, 0.29) is 11.9 Å². The standard InChI is InChI=1S/C11H18N4O/c1-3-10(12-2)11(16)14-6-7-15-9(8-14)4-5-13-15/h4-5,10,12H,3,6-8H2,1-2H3/t10-/m1/s1. The Labute approximate surface area is 95.4 Å². The Hall–Kier alpha value is -1.36. The summed E-state index contributed by atoms with van der Waals surface area (Å²) < 4.78 is 1.96. The molecule has 0 aliphatic carbocycles. The second kappa shape index (κ2) is 4.65. The first-order valence-electron chi connectivity index (χ1n) is 5.73. The van der Waals surface area contributed by atoms with Gasteiger partial charge in [0.15, 0.2) is 0 Å². The van der Waals surface area contributed by atoms with Gasteiger partial charge in [0.05, 0.1) is 24.8 Å². The largest absolute Gasteiger partial charge is 0.334 e. The van der Waals surface area contributed by atoms with Gasteiger partial charge in [-0.25, -0.2) is 0 Å². The summed E-state index contributed by atoms with van der Waals surface area (Å²) in [6.07, 6.45) is 2.61. The third-order valence-corrected chi connectivity index (χ3v) is 3.11. The molecule has 88 valence electrons. The molecule has 5 nitrogen and oxygen atoms in total. The number of nitrogens with zero attached hydrogens (tertiary/aromatic N) is 3. The van der Waals surface area contributed by atoms with Crippen LogP contribution in [-0.2, 0) is 17.9 Å². The van der Waals surface area contributed by atoms with Crippen LogP contribution in [0.15, 0.2) is 12.3 Å². The second-order valence-corrected chi connectivity index (χ2v) is 4.05. The number of carbonyl (C=O) groups is 1. The van der Waals surface area contributed by atoms with Crippen LogP contribution in [0.2, 0.25) is 0 Å². The van der Waals surface area contributed by atoms with Crippen molar-refractivity contribution in [1.29, 1.82) is 0 Å². The van der Waals surface area contributed by atoms with E-state index in [0.29, 0.717) is 6.54 Å². The molecule has 0 fully saturated rings. The van der Waals surface area contributed by atoms with Crippen molar-refractivity contribution in [2.45, 2.75) is 32.5 Å². The Morgan fingerprint density at radius 1 is 1.62 bits per heavy atom. The first kappa shape index (κ1) is 11.1. The Balaban J connectivity index is 2.05. The number of likely N-dealkylation sites (N-methyl/N-ethyl adjacent to an activating group) is 1. The average molecular weight is 222 g/mol. The highest BCUT2D eigenvalue weighted by Gasteiger charge is 2.25. The molecule has 0 saturated carbocycles. The molecule has 16 heavy (non-hydrogen) atoms. The lowest BCUT2D eigenvalue weighted by Crippen LogP contribution is -2.47. The zero-order valence-corrected chi connectivity index (χ0v) is 9.81. The monoisotopic (exact) mass is 222 g/mol. The van der Waals surface area contributed by atoms with Crippen LogP contribution < -0.4 is 5.32 Å². The third-order valence-electron chi connectivity index (χ3n) is 3.11. The molecule has 1 atom stereocenters. The molecule has 0 unspecified atom stereocenters. The van der Waals surface area contributed by atoms with E-state index >= 15 is 0 Å². The van der Waals surface area contributed by atoms with Crippen LogP contribution in [0.3, 0.4) is 0 Å². The molecule has 1 aromatic rings. The minimum Gasteiger partial charge on any atom is -0.334 e. The van der Waals surface area contributed by atoms with Crippen molar-refractivity contribution in [2.75, 3.05) is 13.6 Å². The summed E-state index contributed by atoms with van der Waals surface area (Å²) >= 11 is 0. The summed E-state index contributed by atoms with van der Waals surface area (Å²) in [4.78, 5) is 14.0. The smallest absolute Gasteiger partial charge is 0.240 e. The van der Waals surface area contributed by atoms with E-state index in [2.05, 4.69) is 10.4 Å². The van der Waals surface area contributed by atoms with E-state index in [1.807, 2.05) is 29.6 Å². The van der Waals surface area contributed by atoms with Gasteiger partial charge >= 0.3 is 0 Å². The maximum Gasteiger partial charge on any atom is 0.240 e. The fourth-order valence-electron chi connectivity index (χ4n) is 2.10. The van der Waals surface area contributed by atoms with Gasteiger partial charge in [-0.05, 0) is 19.5 Å². The molecule has 1 amide bonds. The minimum absolute atomic E-state index is 0.0607. The van der Waals surface area contributed by atoms with Gasteiger partial charge in [0.25, 0.3) is 0 Å². The number of hydrogen-bond donors (Lipinski definition) is 1. The fourth-order valence-corrected chi connectivity index (χ4v) is 2.10. The van der Waals surface area contributed by atoms with Crippen molar-refractivity contribution in [3.63, 3.8) is 0 Å². The summed E-state index contributed by atoms with van der Waals surface area (Å²) in [5.74, 6) is 0.192. The molecule has 2 heterocycles. The Kier molecular flexibility index (Phi) is 3.24. The van der Waals surface area contributed by atoms with Crippen LogP contribution in [0.5, 0.6) is 0 Å². The van der Waals surface area contributed by atoms with Gasteiger partial charge in [0.2, 0.25) is 5.91 Å². The van der Waals surface area contributed by atoms with Crippen molar-refractivity contribution >= 4 is 5.91 Å². The summed E-state index contributed by atoms with van der Waals surface area (Å²) in [6.45, 7) is 4.25. The van der Waals surface area contributed by atoms with E-state index in [1.165, 1.54) is 0 Å². The Morgan fingerprint density at radius 2 is 2.44 bits per heavy atom. The maximum absolute atomic E-state index is 12.1. The molecular weight excluding hydrogens is 204 g/mol. The van der Waals surface area contributed by atoms with Gasteiger partial charge in [-0.3, -0.25) is 9.48 Å². The number of carbonyl (C=O) groups excluding carboxylic acids is 1. The molecule has 0 bridgehead atoms. The van der Waals surface area contributed by atoms with Crippen molar-refractivity contribution in [3.05, 3.63) is 18.0 Å². The lowest BCUT2D eigenvalue weighted by atomic mass is 10.2. The van der Waals surface area contributed by atoms with Gasteiger partial charge in [-0.2, -0.15) is 5.10 Å². The van der Waals surface area contributed by atoms with Crippen LogP contribution >= 0.6 is 0 Å². The maximum atomic E-state index is 12.1. The van der Waals surface area contributed by atoms with Gasteiger partial charge < -0.3 is 10.2 Å². The lowest BCUT2D eigenvalue weighted by molar-refractivity contribution is -0.134. The molecule has 1 aromatic heterocycles. The number of fused-ring (bicyclic) bond motifs is 1. The zero-order chi connectivity index (χ0) is 11.5. The summed E-state index contributed by atoms with van der Waals surface area (Å²) in [7, 11) is 1.83. The van der Waals surface area contributed by atoms with Crippen LogP contribution in [0.4, 0.5) is 0 Å².